The predicted molar refractivity (Wildman–Crippen MR) is 90.8 cm³/mol. The Hall–Kier alpha value is -3.03. The van der Waals surface area contributed by atoms with Gasteiger partial charge in [-0.2, -0.15) is 0 Å². The molecule has 25 heavy (non-hydrogen) atoms. The van der Waals surface area contributed by atoms with Crippen LogP contribution in [0.15, 0.2) is 58.0 Å². The Morgan fingerprint density at radius 3 is 2.76 bits per heavy atom. The van der Waals surface area contributed by atoms with Crippen molar-refractivity contribution >= 4 is 17.6 Å². The van der Waals surface area contributed by atoms with E-state index in [2.05, 4.69) is 20.6 Å². The molecule has 130 valence electrons. The van der Waals surface area contributed by atoms with Crippen LogP contribution in [0, 0.1) is 6.92 Å². The minimum Gasteiger partial charge on any atom is -0.404 e. The molecule has 0 aromatic carbocycles. The second-order valence-electron chi connectivity index (χ2n) is 5.67. The van der Waals surface area contributed by atoms with Gasteiger partial charge in [-0.3, -0.25) is 4.79 Å². The van der Waals surface area contributed by atoms with Crippen molar-refractivity contribution in [2.24, 2.45) is 10.7 Å². The number of alkyl halides is 2. The van der Waals surface area contributed by atoms with Crippen molar-refractivity contribution in [2.45, 2.75) is 26.2 Å². The van der Waals surface area contributed by atoms with Gasteiger partial charge in [0.05, 0.1) is 17.0 Å². The van der Waals surface area contributed by atoms with E-state index in [0.717, 1.165) is 30.3 Å². The van der Waals surface area contributed by atoms with Crippen molar-refractivity contribution in [2.75, 3.05) is 5.32 Å². The Bertz CT molecular complexity index is 833. The van der Waals surface area contributed by atoms with E-state index in [1.807, 2.05) is 0 Å². The van der Waals surface area contributed by atoms with Crippen LogP contribution in [-0.2, 0) is 4.79 Å². The second-order valence-corrected chi connectivity index (χ2v) is 5.67. The van der Waals surface area contributed by atoms with Crippen molar-refractivity contribution in [1.29, 1.82) is 0 Å². The highest BCUT2D eigenvalue weighted by atomic mass is 19.3. The van der Waals surface area contributed by atoms with Gasteiger partial charge in [-0.1, -0.05) is 6.07 Å². The van der Waals surface area contributed by atoms with Crippen LogP contribution in [0.1, 0.15) is 18.5 Å². The summed E-state index contributed by atoms with van der Waals surface area (Å²) in [5.74, 6) is -0.242. The zero-order valence-corrected chi connectivity index (χ0v) is 13.5. The molecule has 6 nitrogen and oxygen atoms in total. The van der Waals surface area contributed by atoms with E-state index >= 15 is 0 Å². The van der Waals surface area contributed by atoms with Crippen molar-refractivity contribution in [1.82, 2.24) is 10.3 Å². The van der Waals surface area contributed by atoms with Crippen LogP contribution in [-0.4, -0.2) is 23.2 Å². The second kappa shape index (κ2) is 6.84. The minimum atomic E-state index is -2.71. The first-order chi connectivity index (χ1) is 12.0. The molecular weight excluding hydrogens is 328 g/mol. The third kappa shape index (κ3) is 3.90. The molecule has 2 heterocycles. The number of rotatable bonds is 4. The number of pyridine rings is 1. The first-order valence-electron chi connectivity index (χ1n) is 7.72. The van der Waals surface area contributed by atoms with Gasteiger partial charge in [-0.15, -0.1) is 0 Å². The number of nitrogens with one attached hydrogen (secondary N) is 2. The lowest BCUT2D eigenvalue weighted by atomic mass is 10.1. The number of aryl methyl sites for hydroxylation is 1. The van der Waals surface area contributed by atoms with Crippen LogP contribution in [0.4, 0.5) is 14.6 Å². The summed E-state index contributed by atoms with van der Waals surface area (Å²) < 4.78 is 26.3. The molecule has 1 aromatic heterocycles. The molecule has 1 fully saturated rings. The maximum Gasteiger partial charge on any atom is 0.278 e. The van der Waals surface area contributed by atoms with Crippen molar-refractivity contribution in [3.05, 3.63) is 58.7 Å². The number of halogens is 2. The van der Waals surface area contributed by atoms with Gasteiger partial charge in [0.2, 0.25) is 0 Å². The van der Waals surface area contributed by atoms with E-state index in [4.69, 9.17) is 5.73 Å². The first kappa shape index (κ1) is 16.8. The number of nitrogens with two attached hydrogens (primary N) is 1. The molecular formula is C17H17F2N5O. The third-order valence-electron chi connectivity index (χ3n) is 3.68. The number of carbonyl (C=O) groups is 1. The van der Waals surface area contributed by atoms with Crippen molar-refractivity contribution in [3.63, 3.8) is 0 Å². The number of amides is 1. The molecule has 4 N–H and O–H groups in total. The van der Waals surface area contributed by atoms with E-state index < -0.39 is 12.3 Å². The third-order valence-corrected chi connectivity index (χ3v) is 3.68. The van der Waals surface area contributed by atoms with Crippen LogP contribution in [0.3, 0.4) is 0 Å². The normalized spacial score (nSPS) is 17.0. The fourth-order valence-corrected chi connectivity index (χ4v) is 2.30. The van der Waals surface area contributed by atoms with Crippen molar-refractivity contribution in [3.8, 4) is 0 Å². The first-order valence-corrected chi connectivity index (χ1v) is 7.72. The molecule has 0 saturated heterocycles. The number of carbonyl (C=O) groups excluding carboxylic acids is 1. The number of nitrogens with zero attached hydrogens (tertiary/aromatic N) is 2. The van der Waals surface area contributed by atoms with Crippen LogP contribution < -0.4 is 16.4 Å². The zero-order chi connectivity index (χ0) is 18.0. The Kier molecular flexibility index (Phi) is 4.60. The number of hydrogen-bond donors (Lipinski definition) is 3. The highest BCUT2D eigenvalue weighted by molar-refractivity contribution is 6.25. The maximum atomic E-state index is 13.1. The van der Waals surface area contributed by atoms with Gasteiger partial charge in [-0.05, 0) is 43.5 Å². The maximum absolute atomic E-state index is 13.1. The van der Waals surface area contributed by atoms with Crippen molar-refractivity contribution < 1.29 is 13.6 Å². The fourth-order valence-electron chi connectivity index (χ4n) is 2.30. The molecule has 0 bridgehead atoms. The molecule has 3 rings (SSSR count). The van der Waals surface area contributed by atoms with E-state index in [1.54, 1.807) is 25.1 Å². The standard InChI is InChI=1S/C17H17F2N5O/c1-9-3-2-4-14(21-9)24-17(25)11(8-20)16-22-12(10-5-6-10)7-13(23-16)15(18)19/h2-4,7-8,15H,5-6,20H2,1H3,(H,22,23)(H,21,24,25). The summed E-state index contributed by atoms with van der Waals surface area (Å²) >= 11 is 0. The average Bonchev–Trinajstić information content (AvgIpc) is 3.40. The lowest BCUT2D eigenvalue weighted by Gasteiger charge is -2.19. The quantitative estimate of drug-likeness (QED) is 0.731. The Morgan fingerprint density at radius 2 is 2.16 bits per heavy atom. The molecule has 1 aliphatic carbocycles. The monoisotopic (exact) mass is 345 g/mol. The van der Waals surface area contributed by atoms with Gasteiger partial charge in [0.15, 0.2) is 0 Å². The number of allylic oxidation sites excluding steroid dienone is 3. The molecule has 0 atom stereocenters. The predicted octanol–water partition coefficient (Wildman–Crippen LogP) is 2.37. The summed E-state index contributed by atoms with van der Waals surface area (Å²) in [7, 11) is 0. The summed E-state index contributed by atoms with van der Waals surface area (Å²) in [6, 6.07) is 5.15. The van der Waals surface area contributed by atoms with Gasteiger partial charge in [0.25, 0.3) is 12.3 Å². The zero-order valence-electron chi connectivity index (χ0n) is 13.5. The smallest absolute Gasteiger partial charge is 0.278 e. The summed E-state index contributed by atoms with van der Waals surface area (Å²) in [4.78, 5) is 20.9. The van der Waals surface area contributed by atoms with Gasteiger partial charge in [0, 0.05) is 11.9 Å². The Balaban J connectivity index is 1.85. The molecule has 1 saturated carbocycles. The van der Waals surface area contributed by atoms with Gasteiger partial charge < -0.3 is 16.4 Å². The molecule has 0 unspecified atom stereocenters. The Labute approximate surface area is 143 Å². The largest absolute Gasteiger partial charge is 0.404 e. The highest BCUT2D eigenvalue weighted by Gasteiger charge is 2.27. The highest BCUT2D eigenvalue weighted by Crippen LogP contribution is 2.34. The number of hydrogen-bond acceptors (Lipinski definition) is 5. The van der Waals surface area contributed by atoms with Crippen LogP contribution in [0.25, 0.3) is 0 Å². The molecule has 0 spiro atoms. The molecule has 0 radical (unpaired) electrons. The average molecular weight is 345 g/mol. The van der Waals surface area contributed by atoms with E-state index in [-0.39, 0.29) is 17.1 Å². The van der Waals surface area contributed by atoms with Gasteiger partial charge in [0.1, 0.15) is 11.7 Å². The molecule has 1 aromatic rings. The lowest BCUT2D eigenvalue weighted by Crippen LogP contribution is -2.35. The Morgan fingerprint density at radius 1 is 1.40 bits per heavy atom. The van der Waals surface area contributed by atoms with Gasteiger partial charge >= 0.3 is 0 Å². The van der Waals surface area contributed by atoms with Crippen LogP contribution in [0.2, 0.25) is 0 Å². The SMILES string of the molecule is Cc1cccc(NC(=O)C(=CN)C2=NC(=C3CC3)C=C(C(F)F)N2)n1. The number of anilines is 1. The lowest BCUT2D eigenvalue weighted by molar-refractivity contribution is -0.112. The molecule has 1 aliphatic heterocycles. The number of aromatic nitrogens is 1. The summed E-state index contributed by atoms with van der Waals surface area (Å²) in [5, 5.41) is 5.08. The summed E-state index contributed by atoms with van der Waals surface area (Å²) in [5.41, 5.74) is 7.39. The minimum absolute atomic E-state index is 0.000136. The topological polar surface area (TPSA) is 92.4 Å². The summed E-state index contributed by atoms with van der Waals surface area (Å²) in [6.45, 7) is 1.79. The van der Waals surface area contributed by atoms with Crippen LogP contribution in [0.5, 0.6) is 0 Å². The van der Waals surface area contributed by atoms with Crippen LogP contribution >= 0.6 is 0 Å². The molecule has 1 amide bonds. The van der Waals surface area contributed by atoms with Gasteiger partial charge in [-0.25, -0.2) is 18.8 Å². The fraction of sp³-hybridized carbons (Fsp3) is 0.235. The molecule has 2 aliphatic rings. The van der Waals surface area contributed by atoms with E-state index in [9.17, 15) is 13.6 Å². The number of amidine groups is 1. The number of aliphatic imine (C=N–C) groups is 1. The van der Waals surface area contributed by atoms with E-state index in [0.29, 0.717) is 11.5 Å². The molecule has 8 heteroatoms. The summed E-state index contributed by atoms with van der Waals surface area (Å²) in [6.07, 6.45) is 1.28. The van der Waals surface area contributed by atoms with E-state index in [1.165, 1.54) is 6.08 Å².